The van der Waals surface area contributed by atoms with Gasteiger partial charge >= 0.3 is 0 Å². The molecule has 0 aliphatic rings. The predicted octanol–water partition coefficient (Wildman–Crippen LogP) is 3.07. The normalized spacial score (nSPS) is 10.2. The van der Waals surface area contributed by atoms with E-state index >= 15 is 0 Å². The van der Waals surface area contributed by atoms with Gasteiger partial charge < -0.3 is 16.2 Å². The number of aromatic hydroxyl groups is 1. The van der Waals surface area contributed by atoms with Crippen LogP contribution in [0.5, 0.6) is 5.75 Å². The lowest BCUT2D eigenvalue weighted by Gasteiger charge is -2.10. The second-order valence-electron chi connectivity index (χ2n) is 4.15. The molecule has 0 aliphatic carbocycles. The van der Waals surface area contributed by atoms with E-state index in [2.05, 4.69) is 5.32 Å². The van der Waals surface area contributed by atoms with Gasteiger partial charge in [0, 0.05) is 5.56 Å². The summed E-state index contributed by atoms with van der Waals surface area (Å²) >= 11 is 10.8. The maximum Gasteiger partial charge on any atom is 0.262 e. The van der Waals surface area contributed by atoms with Crippen molar-refractivity contribution in [2.75, 3.05) is 5.32 Å². The van der Waals surface area contributed by atoms with Crippen molar-refractivity contribution in [1.29, 1.82) is 0 Å². The van der Waals surface area contributed by atoms with E-state index in [1.165, 1.54) is 24.3 Å². The van der Waals surface area contributed by atoms with E-state index in [4.69, 9.17) is 29.6 Å². The molecule has 0 heterocycles. The molecule has 0 atom stereocenters. The molecule has 7 heteroatoms. The Balaban J connectivity index is 2.36. The highest BCUT2D eigenvalue weighted by Gasteiger charge is 2.17. The van der Waals surface area contributed by atoms with Crippen molar-refractivity contribution in [3.8, 4) is 5.75 Å². The average molecular weight is 325 g/mol. The molecule has 2 aromatic carbocycles. The average Bonchev–Trinajstić information content (AvgIpc) is 2.40. The minimum absolute atomic E-state index is 0.135. The molecule has 4 nitrogen and oxygen atoms in total. The number of rotatable bonds is 3. The predicted molar refractivity (Wildman–Crippen MR) is 83.4 cm³/mol. The van der Waals surface area contributed by atoms with E-state index in [1.807, 2.05) is 0 Å². The van der Waals surface area contributed by atoms with Crippen molar-refractivity contribution in [1.82, 2.24) is 0 Å². The number of benzene rings is 2. The number of nitrogens with two attached hydrogens (primary N) is 1. The fourth-order valence-corrected chi connectivity index (χ4v) is 1.99. The summed E-state index contributed by atoms with van der Waals surface area (Å²) in [7, 11) is 0. The summed E-state index contributed by atoms with van der Waals surface area (Å²) in [6.45, 7) is 0. The van der Waals surface area contributed by atoms with Crippen LogP contribution in [0.1, 0.15) is 15.9 Å². The van der Waals surface area contributed by atoms with Crippen LogP contribution in [0.2, 0.25) is 5.02 Å². The third-order valence-corrected chi connectivity index (χ3v) is 3.28. The summed E-state index contributed by atoms with van der Waals surface area (Å²) in [6.07, 6.45) is 0. The zero-order valence-corrected chi connectivity index (χ0v) is 12.1. The standard InChI is InChI=1S/C14H10ClFN2O2S/c15-8-5-4-7(13(17)21)6-10(8)18-14(20)12-9(16)2-1-3-11(12)19/h1-6,19H,(H2,17,21)(H,18,20). The molecule has 0 aromatic heterocycles. The first-order valence-electron chi connectivity index (χ1n) is 5.78. The Morgan fingerprint density at radius 2 is 2.05 bits per heavy atom. The van der Waals surface area contributed by atoms with Crippen LogP contribution >= 0.6 is 23.8 Å². The zero-order valence-electron chi connectivity index (χ0n) is 10.6. The summed E-state index contributed by atoms with van der Waals surface area (Å²) in [5.41, 5.74) is 5.75. The number of halogens is 2. The van der Waals surface area contributed by atoms with E-state index < -0.39 is 23.0 Å². The van der Waals surface area contributed by atoms with Crippen molar-refractivity contribution >= 4 is 40.4 Å². The molecule has 0 aliphatic heterocycles. The molecule has 4 N–H and O–H groups in total. The molecule has 0 spiro atoms. The number of hydrogen-bond donors (Lipinski definition) is 3. The summed E-state index contributed by atoms with van der Waals surface area (Å²) in [5.74, 6) is -2.13. The van der Waals surface area contributed by atoms with Crippen molar-refractivity contribution in [2.45, 2.75) is 0 Å². The van der Waals surface area contributed by atoms with Gasteiger partial charge in [-0.3, -0.25) is 4.79 Å². The van der Waals surface area contributed by atoms with Gasteiger partial charge in [-0.25, -0.2) is 4.39 Å². The monoisotopic (exact) mass is 324 g/mol. The molecule has 108 valence electrons. The number of carbonyl (C=O) groups is 1. The van der Waals surface area contributed by atoms with E-state index in [9.17, 15) is 14.3 Å². The highest BCUT2D eigenvalue weighted by Crippen LogP contribution is 2.26. The van der Waals surface area contributed by atoms with Crippen molar-refractivity contribution in [3.05, 3.63) is 58.4 Å². The van der Waals surface area contributed by atoms with Crippen LogP contribution in [0.15, 0.2) is 36.4 Å². The Morgan fingerprint density at radius 3 is 2.67 bits per heavy atom. The Bertz CT molecular complexity index is 717. The van der Waals surface area contributed by atoms with E-state index in [-0.39, 0.29) is 15.7 Å². The topological polar surface area (TPSA) is 75.3 Å². The van der Waals surface area contributed by atoms with Crippen molar-refractivity contribution < 1.29 is 14.3 Å². The smallest absolute Gasteiger partial charge is 0.262 e. The molecule has 0 unspecified atom stereocenters. The number of anilines is 1. The molecular weight excluding hydrogens is 315 g/mol. The minimum Gasteiger partial charge on any atom is -0.507 e. The van der Waals surface area contributed by atoms with E-state index in [1.54, 1.807) is 6.07 Å². The second-order valence-corrected chi connectivity index (χ2v) is 4.99. The molecule has 0 saturated heterocycles. The quantitative estimate of drug-likeness (QED) is 0.758. The maximum absolute atomic E-state index is 13.6. The molecule has 2 aromatic rings. The number of phenolic OH excluding ortho intramolecular Hbond substituents is 1. The number of phenols is 1. The fourth-order valence-electron chi connectivity index (χ4n) is 1.70. The van der Waals surface area contributed by atoms with Gasteiger partial charge in [0.2, 0.25) is 0 Å². The number of nitrogens with one attached hydrogen (secondary N) is 1. The van der Waals surface area contributed by atoms with Crippen LogP contribution < -0.4 is 11.1 Å². The summed E-state index contributed by atoms with van der Waals surface area (Å²) in [6, 6.07) is 8.16. The zero-order chi connectivity index (χ0) is 15.6. The first-order chi connectivity index (χ1) is 9.90. The summed E-state index contributed by atoms with van der Waals surface area (Å²) < 4.78 is 13.6. The molecule has 2 rings (SSSR count). The maximum atomic E-state index is 13.6. The lowest BCUT2D eigenvalue weighted by molar-refractivity contribution is 0.102. The summed E-state index contributed by atoms with van der Waals surface area (Å²) in [5, 5.41) is 12.2. The first-order valence-corrected chi connectivity index (χ1v) is 6.57. The number of amides is 1. The Morgan fingerprint density at radius 1 is 1.33 bits per heavy atom. The molecule has 0 bridgehead atoms. The molecule has 0 radical (unpaired) electrons. The highest BCUT2D eigenvalue weighted by molar-refractivity contribution is 7.80. The van der Waals surface area contributed by atoms with Gasteiger partial charge in [-0.15, -0.1) is 0 Å². The Hall–Kier alpha value is -2.18. The van der Waals surface area contributed by atoms with Gasteiger partial charge in [0.1, 0.15) is 22.1 Å². The largest absolute Gasteiger partial charge is 0.507 e. The Labute approximate surface area is 130 Å². The third kappa shape index (κ3) is 3.29. The Kier molecular flexibility index (Phi) is 4.40. The molecule has 21 heavy (non-hydrogen) atoms. The van der Waals surface area contributed by atoms with Crippen LogP contribution in [0, 0.1) is 5.82 Å². The van der Waals surface area contributed by atoms with Gasteiger partial charge in [-0.2, -0.15) is 0 Å². The van der Waals surface area contributed by atoms with Gasteiger partial charge in [0.05, 0.1) is 10.7 Å². The van der Waals surface area contributed by atoms with Crippen LogP contribution in [-0.4, -0.2) is 16.0 Å². The van der Waals surface area contributed by atoms with Crippen molar-refractivity contribution in [3.63, 3.8) is 0 Å². The molecular formula is C14H10ClFN2O2S. The molecule has 0 fully saturated rings. The van der Waals surface area contributed by atoms with Gasteiger partial charge in [0.15, 0.2) is 0 Å². The SMILES string of the molecule is NC(=S)c1ccc(Cl)c(NC(=O)c2c(O)cccc2F)c1. The van der Waals surface area contributed by atoms with Crippen LogP contribution in [0.4, 0.5) is 10.1 Å². The van der Waals surface area contributed by atoms with E-state index in [0.29, 0.717) is 5.56 Å². The van der Waals surface area contributed by atoms with E-state index in [0.717, 1.165) is 6.07 Å². The highest BCUT2D eigenvalue weighted by atomic mass is 35.5. The van der Waals surface area contributed by atoms with Gasteiger partial charge in [0.25, 0.3) is 5.91 Å². The second kappa shape index (κ2) is 6.07. The molecule has 0 saturated carbocycles. The van der Waals surface area contributed by atoms with Gasteiger partial charge in [-0.05, 0) is 24.3 Å². The third-order valence-electron chi connectivity index (χ3n) is 2.72. The van der Waals surface area contributed by atoms with Crippen LogP contribution in [0.3, 0.4) is 0 Å². The number of hydrogen-bond acceptors (Lipinski definition) is 3. The number of thiocarbonyl (C=S) groups is 1. The molecule has 1 amide bonds. The number of carbonyl (C=O) groups excluding carboxylic acids is 1. The van der Waals surface area contributed by atoms with Crippen LogP contribution in [-0.2, 0) is 0 Å². The lowest BCUT2D eigenvalue weighted by Crippen LogP contribution is -2.15. The van der Waals surface area contributed by atoms with Gasteiger partial charge in [-0.1, -0.05) is 36.0 Å². The first kappa shape index (κ1) is 15.2. The lowest BCUT2D eigenvalue weighted by atomic mass is 10.1. The summed E-state index contributed by atoms with van der Waals surface area (Å²) in [4.78, 5) is 12.2. The minimum atomic E-state index is -0.839. The van der Waals surface area contributed by atoms with Crippen LogP contribution in [0.25, 0.3) is 0 Å². The fraction of sp³-hybridized carbons (Fsp3) is 0. The van der Waals surface area contributed by atoms with Crippen molar-refractivity contribution in [2.24, 2.45) is 5.73 Å².